The summed E-state index contributed by atoms with van der Waals surface area (Å²) in [5, 5.41) is 9.91. The Bertz CT molecular complexity index is 388. The van der Waals surface area contributed by atoms with Gasteiger partial charge in [-0.1, -0.05) is 6.07 Å². The van der Waals surface area contributed by atoms with E-state index in [4.69, 9.17) is 19.9 Å². The normalized spacial score (nSPS) is 27.0. The molecule has 0 aliphatic heterocycles. The van der Waals surface area contributed by atoms with Gasteiger partial charge in [-0.25, -0.2) is 0 Å². The summed E-state index contributed by atoms with van der Waals surface area (Å²) in [5.41, 5.74) is 5.77. The van der Waals surface area contributed by atoms with E-state index in [2.05, 4.69) is 0 Å². The van der Waals surface area contributed by atoms with Crippen LogP contribution in [-0.4, -0.2) is 37.6 Å². The van der Waals surface area contributed by atoms with Crippen LogP contribution in [0.2, 0.25) is 0 Å². The van der Waals surface area contributed by atoms with Crippen LogP contribution in [0, 0.1) is 0 Å². The molecule has 2 rings (SSSR count). The highest BCUT2D eigenvalue weighted by Gasteiger charge is 2.35. The molecular formula is C13H19NO4. The van der Waals surface area contributed by atoms with E-state index >= 15 is 0 Å². The topological polar surface area (TPSA) is 73.9 Å². The van der Waals surface area contributed by atoms with Crippen LogP contribution >= 0.6 is 0 Å². The molecule has 0 amide bonds. The monoisotopic (exact) mass is 253 g/mol. The standard InChI is InChI=1S/C13H19NO4/c1-16-10-4-3-5-11(17-2)13(10)18-9-7-6-8(14)12(9)15/h3-5,8-9,12,15H,6-7,14H2,1-2H3/t8-,9-,12-/m1/s1. The van der Waals surface area contributed by atoms with Crippen LogP contribution in [0.4, 0.5) is 0 Å². The number of methoxy groups -OCH3 is 2. The quantitative estimate of drug-likeness (QED) is 0.835. The fourth-order valence-electron chi connectivity index (χ4n) is 2.19. The first-order valence-corrected chi connectivity index (χ1v) is 5.98. The van der Waals surface area contributed by atoms with Crippen molar-refractivity contribution in [2.24, 2.45) is 5.73 Å². The second kappa shape index (κ2) is 5.46. The fourth-order valence-corrected chi connectivity index (χ4v) is 2.19. The zero-order chi connectivity index (χ0) is 13.1. The maximum atomic E-state index is 9.91. The Morgan fingerprint density at radius 2 is 1.78 bits per heavy atom. The molecule has 0 bridgehead atoms. The number of nitrogens with two attached hydrogens (primary N) is 1. The minimum Gasteiger partial charge on any atom is -0.493 e. The molecule has 100 valence electrons. The minimum absolute atomic E-state index is 0.226. The lowest BCUT2D eigenvalue weighted by molar-refractivity contribution is 0.0488. The van der Waals surface area contributed by atoms with Gasteiger partial charge in [0.15, 0.2) is 11.5 Å². The maximum Gasteiger partial charge on any atom is 0.203 e. The van der Waals surface area contributed by atoms with Crippen molar-refractivity contribution in [2.75, 3.05) is 14.2 Å². The number of hydrogen-bond donors (Lipinski definition) is 2. The summed E-state index contributed by atoms with van der Waals surface area (Å²) in [6.07, 6.45) is 0.511. The predicted molar refractivity (Wildman–Crippen MR) is 67.2 cm³/mol. The molecule has 1 aromatic rings. The molecule has 0 heterocycles. The zero-order valence-corrected chi connectivity index (χ0v) is 10.6. The second-order valence-corrected chi connectivity index (χ2v) is 4.38. The van der Waals surface area contributed by atoms with Crippen molar-refractivity contribution in [3.63, 3.8) is 0 Å². The van der Waals surface area contributed by atoms with Gasteiger partial charge in [0.2, 0.25) is 5.75 Å². The molecule has 0 unspecified atom stereocenters. The summed E-state index contributed by atoms with van der Waals surface area (Å²) in [4.78, 5) is 0. The van der Waals surface area contributed by atoms with E-state index in [0.29, 0.717) is 17.2 Å². The number of para-hydroxylation sites is 1. The van der Waals surface area contributed by atoms with Gasteiger partial charge in [-0.3, -0.25) is 0 Å². The van der Waals surface area contributed by atoms with E-state index in [-0.39, 0.29) is 12.1 Å². The number of rotatable bonds is 4. The Morgan fingerprint density at radius 1 is 1.17 bits per heavy atom. The van der Waals surface area contributed by atoms with Crippen LogP contribution in [0.15, 0.2) is 18.2 Å². The maximum absolute atomic E-state index is 9.91. The number of ether oxygens (including phenoxy) is 3. The third-order valence-electron chi connectivity index (χ3n) is 3.26. The Balaban J connectivity index is 2.22. The average Bonchev–Trinajstić information content (AvgIpc) is 2.71. The number of benzene rings is 1. The summed E-state index contributed by atoms with van der Waals surface area (Å²) in [5.74, 6) is 1.68. The van der Waals surface area contributed by atoms with Crippen LogP contribution in [0.25, 0.3) is 0 Å². The third kappa shape index (κ3) is 2.37. The van der Waals surface area contributed by atoms with Gasteiger partial charge >= 0.3 is 0 Å². The fraction of sp³-hybridized carbons (Fsp3) is 0.538. The predicted octanol–water partition coefficient (Wildman–Crippen LogP) is 0.933. The molecule has 3 atom stereocenters. The van der Waals surface area contributed by atoms with Crippen molar-refractivity contribution >= 4 is 0 Å². The van der Waals surface area contributed by atoms with Crippen molar-refractivity contribution in [1.82, 2.24) is 0 Å². The highest BCUT2D eigenvalue weighted by molar-refractivity contribution is 5.51. The van der Waals surface area contributed by atoms with Crippen molar-refractivity contribution in [3.8, 4) is 17.2 Å². The summed E-state index contributed by atoms with van der Waals surface area (Å²) < 4.78 is 16.3. The molecule has 5 heteroatoms. The van der Waals surface area contributed by atoms with E-state index in [1.807, 2.05) is 6.07 Å². The Morgan fingerprint density at radius 3 is 2.22 bits per heavy atom. The molecule has 1 saturated carbocycles. The number of aliphatic hydroxyl groups excluding tert-OH is 1. The molecule has 1 aliphatic carbocycles. The first-order valence-electron chi connectivity index (χ1n) is 5.98. The molecule has 1 aliphatic rings. The SMILES string of the molecule is COc1cccc(OC)c1O[C@@H]1CC[C@@H](N)[C@H]1O. The van der Waals surface area contributed by atoms with Crippen molar-refractivity contribution in [1.29, 1.82) is 0 Å². The van der Waals surface area contributed by atoms with Gasteiger partial charge in [-0.05, 0) is 25.0 Å². The van der Waals surface area contributed by atoms with Gasteiger partial charge in [-0.2, -0.15) is 0 Å². The molecule has 5 nitrogen and oxygen atoms in total. The lowest BCUT2D eigenvalue weighted by Crippen LogP contribution is -2.37. The summed E-state index contributed by atoms with van der Waals surface area (Å²) in [7, 11) is 3.14. The molecule has 3 N–H and O–H groups in total. The Kier molecular flexibility index (Phi) is 3.93. The minimum atomic E-state index is -0.653. The molecular weight excluding hydrogens is 234 g/mol. The largest absolute Gasteiger partial charge is 0.493 e. The molecule has 0 saturated heterocycles. The number of aliphatic hydroxyl groups is 1. The zero-order valence-electron chi connectivity index (χ0n) is 10.6. The van der Waals surface area contributed by atoms with Crippen molar-refractivity contribution in [2.45, 2.75) is 31.1 Å². The van der Waals surface area contributed by atoms with E-state index in [1.165, 1.54) is 0 Å². The van der Waals surface area contributed by atoms with Gasteiger partial charge in [0.1, 0.15) is 12.2 Å². The molecule has 18 heavy (non-hydrogen) atoms. The van der Waals surface area contributed by atoms with E-state index < -0.39 is 6.10 Å². The van der Waals surface area contributed by atoms with E-state index in [9.17, 15) is 5.11 Å². The molecule has 0 radical (unpaired) electrons. The first-order chi connectivity index (χ1) is 8.67. The van der Waals surface area contributed by atoms with Gasteiger partial charge in [-0.15, -0.1) is 0 Å². The molecule has 1 aromatic carbocycles. The average molecular weight is 253 g/mol. The van der Waals surface area contributed by atoms with E-state index in [0.717, 1.165) is 12.8 Å². The van der Waals surface area contributed by atoms with Gasteiger partial charge in [0, 0.05) is 6.04 Å². The summed E-state index contributed by atoms with van der Waals surface area (Å²) >= 11 is 0. The van der Waals surface area contributed by atoms with Crippen LogP contribution < -0.4 is 19.9 Å². The van der Waals surface area contributed by atoms with Gasteiger partial charge in [0.05, 0.1) is 14.2 Å². The third-order valence-corrected chi connectivity index (χ3v) is 3.26. The van der Waals surface area contributed by atoms with Crippen LogP contribution in [0.5, 0.6) is 17.2 Å². The van der Waals surface area contributed by atoms with Crippen LogP contribution in [0.1, 0.15) is 12.8 Å². The Hall–Kier alpha value is -1.46. The van der Waals surface area contributed by atoms with Gasteiger partial charge in [0.25, 0.3) is 0 Å². The van der Waals surface area contributed by atoms with Crippen LogP contribution in [-0.2, 0) is 0 Å². The van der Waals surface area contributed by atoms with Crippen molar-refractivity contribution in [3.05, 3.63) is 18.2 Å². The first kappa shape index (κ1) is 13.0. The summed E-state index contributed by atoms with van der Waals surface area (Å²) in [6, 6.07) is 5.18. The highest BCUT2D eigenvalue weighted by Crippen LogP contribution is 2.39. The highest BCUT2D eigenvalue weighted by atomic mass is 16.5. The summed E-state index contributed by atoms with van der Waals surface area (Å²) in [6.45, 7) is 0. The lowest BCUT2D eigenvalue weighted by Gasteiger charge is -2.21. The number of hydrogen-bond acceptors (Lipinski definition) is 5. The lowest BCUT2D eigenvalue weighted by atomic mass is 10.2. The molecule has 0 aromatic heterocycles. The molecule has 0 spiro atoms. The second-order valence-electron chi connectivity index (χ2n) is 4.38. The van der Waals surface area contributed by atoms with Gasteiger partial charge < -0.3 is 25.1 Å². The van der Waals surface area contributed by atoms with Crippen molar-refractivity contribution < 1.29 is 19.3 Å². The Labute approximate surface area is 106 Å². The molecule has 1 fully saturated rings. The van der Waals surface area contributed by atoms with E-state index in [1.54, 1.807) is 26.4 Å². The smallest absolute Gasteiger partial charge is 0.203 e. The van der Waals surface area contributed by atoms with Crippen LogP contribution in [0.3, 0.4) is 0 Å².